The zero-order chi connectivity index (χ0) is 28.5. The van der Waals surface area contributed by atoms with Crippen LogP contribution in [0.4, 0.5) is 10.1 Å². The second-order valence-electron chi connectivity index (χ2n) is 10.7. The molecule has 0 spiro atoms. The molecule has 0 saturated carbocycles. The Hall–Kier alpha value is -4.47. The van der Waals surface area contributed by atoms with Gasteiger partial charge < -0.3 is 19.1 Å². The summed E-state index contributed by atoms with van der Waals surface area (Å²) in [6, 6.07) is 14.7. The van der Waals surface area contributed by atoms with Crippen LogP contribution in [-0.4, -0.2) is 84.1 Å². The van der Waals surface area contributed by atoms with E-state index in [9.17, 15) is 23.6 Å². The van der Waals surface area contributed by atoms with E-state index < -0.39 is 0 Å². The van der Waals surface area contributed by atoms with Crippen molar-refractivity contribution in [3.8, 4) is 0 Å². The number of furan rings is 1. The van der Waals surface area contributed by atoms with Crippen molar-refractivity contribution in [2.45, 2.75) is 19.3 Å². The largest absolute Gasteiger partial charge is 0.459 e. The van der Waals surface area contributed by atoms with Gasteiger partial charge in [-0.25, -0.2) is 4.39 Å². The van der Waals surface area contributed by atoms with Crippen LogP contribution >= 0.6 is 0 Å². The minimum absolute atomic E-state index is 0.103. The van der Waals surface area contributed by atoms with E-state index in [1.807, 2.05) is 11.0 Å². The van der Waals surface area contributed by atoms with E-state index in [4.69, 9.17) is 4.42 Å². The van der Waals surface area contributed by atoms with Crippen LogP contribution in [-0.2, 0) is 11.2 Å². The van der Waals surface area contributed by atoms with Crippen LogP contribution in [0.1, 0.15) is 49.7 Å². The molecular weight excluding hydrogens is 527 g/mol. The van der Waals surface area contributed by atoms with Gasteiger partial charge in [-0.05, 0) is 61.2 Å². The van der Waals surface area contributed by atoms with Crippen molar-refractivity contribution in [3.63, 3.8) is 0 Å². The lowest BCUT2D eigenvalue weighted by Gasteiger charge is -2.39. The summed E-state index contributed by atoms with van der Waals surface area (Å²) in [6.45, 7) is 3.32. The second kappa shape index (κ2) is 11.2. The first-order chi connectivity index (χ1) is 19.9. The smallest absolute Gasteiger partial charge is 0.289 e. The van der Waals surface area contributed by atoms with E-state index in [0.717, 1.165) is 11.3 Å². The Morgan fingerprint density at radius 2 is 1.54 bits per heavy atom. The number of halogens is 1. The number of piperidine rings is 1. The molecule has 10 heteroatoms. The SMILES string of the molecule is O=C(c1ccco1)N1CCN(C(=O)C2CCN(c3cccc4c3C(=O)N(CCc3ccc(F)cc3)C4=O)CC2)CC1. The molecule has 0 N–H and O–H groups in total. The number of fused-ring (bicyclic) bond motifs is 1. The topological polar surface area (TPSA) is 94.4 Å². The Morgan fingerprint density at radius 1 is 0.829 bits per heavy atom. The van der Waals surface area contributed by atoms with E-state index in [1.165, 1.54) is 23.3 Å². The van der Waals surface area contributed by atoms with E-state index in [0.29, 0.717) is 75.4 Å². The third kappa shape index (κ3) is 5.21. The number of carbonyl (C=O) groups excluding carboxylic acids is 4. The third-order valence-electron chi connectivity index (χ3n) is 8.31. The lowest BCUT2D eigenvalue weighted by atomic mass is 9.93. The highest BCUT2D eigenvalue weighted by Gasteiger charge is 2.39. The first-order valence-corrected chi connectivity index (χ1v) is 14.0. The number of rotatable bonds is 6. The molecule has 41 heavy (non-hydrogen) atoms. The van der Waals surface area contributed by atoms with Gasteiger partial charge in [0, 0.05) is 51.7 Å². The molecule has 9 nitrogen and oxygen atoms in total. The highest BCUT2D eigenvalue weighted by atomic mass is 19.1. The fraction of sp³-hybridized carbons (Fsp3) is 0.355. The fourth-order valence-corrected chi connectivity index (χ4v) is 5.99. The van der Waals surface area contributed by atoms with Crippen molar-refractivity contribution in [2.75, 3.05) is 50.7 Å². The van der Waals surface area contributed by atoms with Crippen LogP contribution in [0.3, 0.4) is 0 Å². The molecule has 2 saturated heterocycles. The molecule has 0 bridgehead atoms. The van der Waals surface area contributed by atoms with Crippen molar-refractivity contribution in [1.82, 2.24) is 14.7 Å². The van der Waals surface area contributed by atoms with Crippen molar-refractivity contribution in [3.05, 3.63) is 89.1 Å². The lowest BCUT2D eigenvalue weighted by Crippen LogP contribution is -2.53. The van der Waals surface area contributed by atoms with Crippen LogP contribution in [0.2, 0.25) is 0 Å². The van der Waals surface area contributed by atoms with Crippen molar-refractivity contribution >= 4 is 29.3 Å². The quantitative estimate of drug-likeness (QED) is 0.430. The molecule has 3 aliphatic heterocycles. The predicted octanol–water partition coefficient (Wildman–Crippen LogP) is 3.46. The number of imide groups is 1. The van der Waals surface area contributed by atoms with Crippen molar-refractivity contribution in [1.29, 1.82) is 0 Å². The van der Waals surface area contributed by atoms with Gasteiger partial charge in [-0.2, -0.15) is 0 Å². The zero-order valence-corrected chi connectivity index (χ0v) is 22.6. The molecule has 2 fully saturated rings. The molecule has 6 rings (SSSR count). The highest BCUT2D eigenvalue weighted by Crippen LogP contribution is 2.34. The Labute approximate surface area is 237 Å². The number of carbonyl (C=O) groups is 4. The molecule has 4 amide bonds. The maximum Gasteiger partial charge on any atom is 0.289 e. The Kier molecular flexibility index (Phi) is 7.30. The van der Waals surface area contributed by atoms with Gasteiger partial charge in [0.25, 0.3) is 17.7 Å². The molecule has 0 atom stereocenters. The first-order valence-electron chi connectivity index (χ1n) is 14.0. The van der Waals surface area contributed by atoms with E-state index in [2.05, 4.69) is 4.90 Å². The number of hydrogen-bond donors (Lipinski definition) is 0. The molecule has 0 radical (unpaired) electrons. The number of piperazine rings is 1. The number of benzene rings is 2. The van der Waals surface area contributed by atoms with E-state index >= 15 is 0 Å². The normalized spacial score (nSPS) is 17.8. The summed E-state index contributed by atoms with van der Waals surface area (Å²) < 4.78 is 18.5. The monoisotopic (exact) mass is 558 g/mol. The Balaban J connectivity index is 1.05. The maximum absolute atomic E-state index is 13.4. The molecule has 0 aliphatic carbocycles. The van der Waals surface area contributed by atoms with Gasteiger partial charge in [0.15, 0.2) is 5.76 Å². The van der Waals surface area contributed by atoms with E-state index in [1.54, 1.807) is 41.3 Å². The van der Waals surface area contributed by atoms with Crippen molar-refractivity contribution < 1.29 is 28.0 Å². The number of anilines is 1. The summed E-state index contributed by atoms with van der Waals surface area (Å²) in [5.74, 6) is -0.837. The van der Waals surface area contributed by atoms with Crippen molar-refractivity contribution in [2.24, 2.45) is 5.92 Å². The first kappa shape index (κ1) is 26.7. The summed E-state index contributed by atoms with van der Waals surface area (Å²) in [4.78, 5) is 59.2. The summed E-state index contributed by atoms with van der Waals surface area (Å²) in [6.07, 6.45) is 3.21. The molecule has 4 heterocycles. The zero-order valence-electron chi connectivity index (χ0n) is 22.6. The summed E-state index contributed by atoms with van der Waals surface area (Å²) in [7, 11) is 0. The molecule has 212 valence electrons. The minimum atomic E-state index is -0.329. The average molecular weight is 559 g/mol. The van der Waals surface area contributed by atoms with Gasteiger partial charge in [-0.1, -0.05) is 18.2 Å². The van der Waals surface area contributed by atoms with Gasteiger partial charge in [0.2, 0.25) is 5.91 Å². The van der Waals surface area contributed by atoms with Gasteiger partial charge in [0.1, 0.15) is 5.82 Å². The Bertz CT molecular complexity index is 1460. The Morgan fingerprint density at radius 3 is 2.22 bits per heavy atom. The van der Waals surface area contributed by atoms with Crippen LogP contribution in [0.25, 0.3) is 0 Å². The molecule has 3 aliphatic rings. The maximum atomic E-state index is 13.4. The van der Waals surface area contributed by atoms with E-state index in [-0.39, 0.29) is 41.9 Å². The molecule has 1 aromatic heterocycles. The summed E-state index contributed by atoms with van der Waals surface area (Å²) in [5, 5.41) is 0. The summed E-state index contributed by atoms with van der Waals surface area (Å²) in [5.41, 5.74) is 2.38. The molecule has 3 aromatic rings. The third-order valence-corrected chi connectivity index (χ3v) is 8.31. The number of nitrogens with zero attached hydrogens (tertiary/aromatic N) is 4. The molecular formula is C31H31FN4O5. The average Bonchev–Trinajstić information content (AvgIpc) is 3.64. The number of hydrogen-bond acceptors (Lipinski definition) is 6. The summed E-state index contributed by atoms with van der Waals surface area (Å²) >= 11 is 0. The second-order valence-corrected chi connectivity index (χ2v) is 10.7. The standard InChI is InChI=1S/C31H31FN4O5/c32-23-8-6-21(7-9-23)10-15-36-29(38)24-3-1-4-25(27(24)31(36)40)33-13-11-22(12-14-33)28(37)34-16-18-35(19-17-34)30(39)26-5-2-20-41-26/h1-9,20,22H,10-19H2. The minimum Gasteiger partial charge on any atom is -0.459 e. The predicted molar refractivity (Wildman–Crippen MR) is 148 cm³/mol. The lowest BCUT2D eigenvalue weighted by molar-refractivity contribution is -0.137. The van der Waals surface area contributed by atoms with Gasteiger partial charge in [-0.3, -0.25) is 24.1 Å². The van der Waals surface area contributed by atoms with Gasteiger partial charge in [-0.15, -0.1) is 0 Å². The van der Waals surface area contributed by atoms with Gasteiger partial charge >= 0.3 is 0 Å². The van der Waals surface area contributed by atoms with Crippen LogP contribution in [0.5, 0.6) is 0 Å². The fourth-order valence-electron chi connectivity index (χ4n) is 5.99. The molecule has 2 aromatic carbocycles. The van der Waals surface area contributed by atoms with Gasteiger partial charge in [0.05, 0.1) is 23.1 Å². The van der Waals surface area contributed by atoms with Crippen LogP contribution < -0.4 is 4.90 Å². The van der Waals surface area contributed by atoms with Crippen LogP contribution in [0.15, 0.2) is 65.3 Å². The van der Waals surface area contributed by atoms with Crippen LogP contribution in [0, 0.1) is 11.7 Å². The number of amides is 4. The molecule has 0 unspecified atom stereocenters. The highest BCUT2D eigenvalue weighted by molar-refractivity contribution is 6.23.